The van der Waals surface area contributed by atoms with Crippen LogP contribution in [0, 0.1) is 11.7 Å². The number of nitrogens with two attached hydrogens (primary N) is 1. The number of aromatic nitrogens is 2. The number of nitrogens with zero attached hydrogens (tertiary/aromatic N) is 4. The zero-order valence-corrected chi connectivity index (χ0v) is 11.4. The number of rotatable bonds is 4. The molecule has 0 aromatic carbocycles. The van der Waals surface area contributed by atoms with Gasteiger partial charge in [0.2, 0.25) is 5.95 Å². The normalized spacial score (nSPS) is 17.5. The second-order valence-corrected chi connectivity index (χ2v) is 5.14. The Labute approximate surface area is 112 Å². The molecule has 3 N–H and O–H groups in total. The summed E-state index contributed by atoms with van der Waals surface area (Å²) in [7, 11) is 3.98. The number of nitrogen functional groups attached to an aromatic ring is 1. The third-order valence-electron chi connectivity index (χ3n) is 3.59. The first kappa shape index (κ1) is 14.0. The number of hydrogen-bond donors (Lipinski definition) is 2. The summed E-state index contributed by atoms with van der Waals surface area (Å²) < 4.78 is 13.7. The Hall–Kier alpha value is -1.47. The van der Waals surface area contributed by atoms with Gasteiger partial charge in [-0.25, -0.2) is 15.2 Å². The van der Waals surface area contributed by atoms with Crippen LogP contribution in [0.3, 0.4) is 0 Å². The molecule has 0 radical (unpaired) electrons. The van der Waals surface area contributed by atoms with E-state index in [1.165, 1.54) is 0 Å². The fourth-order valence-corrected chi connectivity index (χ4v) is 2.41. The first-order valence-electron chi connectivity index (χ1n) is 6.49. The predicted octanol–water partition coefficient (Wildman–Crippen LogP) is 0.679. The fraction of sp³-hybridized carbons (Fsp3) is 0.667. The van der Waals surface area contributed by atoms with Crippen LogP contribution in [-0.2, 0) is 0 Å². The van der Waals surface area contributed by atoms with Crippen molar-refractivity contribution in [3.05, 3.63) is 12.0 Å². The van der Waals surface area contributed by atoms with E-state index in [9.17, 15) is 4.39 Å². The van der Waals surface area contributed by atoms with E-state index >= 15 is 0 Å². The zero-order chi connectivity index (χ0) is 13.8. The molecule has 1 aliphatic rings. The van der Waals surface area contributed by atoms with Crippen molar-refractivity contribution in [2.24, 2.45) is 11.8 Å². The maximum atomic E-state index is 13.7. The molecule has 0 spiro atoms. The minimum atomic E-state index is -0.422. The molecule has 106 valence electrons. The Morgan fingerprint density at radius 1 is 1.53 bits per heavy atom. The Morgan fingerprint density at radius 2 is 2.21 bits per heavy atom. The Kier molecular flexibility index (Phi) is 4.49. The van der Waals surface area contributed by atoms with Crippen LogP contribution in [0.5, 0.6) is 0 Å². The van der Waals surface area contributed by atoms with Crippen LogP contribution in [0.2, 0.25) is 0 Å². The Morgan fingerprint density at radius 3 is 2.84 bits per heavy atom. The number of anilines is 2. The number of hydrogen-bond acceptors (Lipinski definition) is 6. The molecule has 1 saturated heterocycles. The van der Waals surface area contributed by atoms with Crippen molar-refractivity contribution in [2.45, 2.75) is 12.8 Å². The molecule has 0 saturated carbocycles. The molecular weight excluding hydrogens is 247 g/mol. The van der Waals surface area contributed by atoms with E-state index < -0.39 is 5.82 Å². The summed E-state index contributed by atoms with van der Waals surface area (Å²) in [6.07, 6.45) is 3.41. The van der Waals surface area contributed by atoms with Crippen LogP contribution in [0.4, 0.5) is 16.2 Å². The van der Waals surface area contributed by atoms with Crippen molar-refractivity contribution in [2.75, 3.05) is 44.1 Å². The lowest BCUT2D eigenvalue weighted by atomic mass is 9.97. The van der Waals surface area contributed by atoms with E-state index in [1.807, 2.05) is 11.9 Å². The molecule has 1 aliphatic heterocycles. The third kappa shape index (κ3) is 3.51. The van der Waals surface area contributed by atoms with E-state index in [-0.39, 0.29) is 5.95 Å². The van der Waals surface area contributed by atoms with E-state index in [0.29, 0.717) is 11.7 Å². The van der Waals surface area contributed by atoms with Crippen LogP contribution in [-0.4, -0.2) is 48.6 Å². The lowest BCUT2D eigenvalue weighted by molar-refractivity contribution is 0.222. The van der Waals surface area contributed by atoms with Gasteiger partial charge in [0.15, 0.2) is 11.6 Å². The Bertz CT molecular complexity index is 419. The quantitative estimate of drug-likeness (QED) is 0.618. The van der Waals surface area contributed by atoms with Gasteiger partial charge in [0.05, 0.1) is 6.20 Å². The lowest BCUT2D eigenvalue weighted by Gasteiger charge is -2.32. The third-order valence-corrected chi connectivity index (χ3v) is 3.59. The second-order valence-electron chi connectivity index (χ2n) is 5.14. The molecule has 2 rings (SSSR count). The first-order valence-corrected chi connectivity index (χ1v) is 6.49. The highest BCUT2D eigenvalue weighted by atomic mass is 19.1. The van der Waals surface area contributed by atoms with Gasteiger partial charge in [0, 0.05) is 13.6 Å². The van der Waals surface area contributed by atoms with Gasteiger partial charge >= 0.3 is 0 Å². The summed E-state index contributed by atoms with van der Waals surface area (Å²) in [5.74, 6) is 5.92. The minimum absolute atomic E-state index is 0.228. The number of piperidine rings is 1. The first-order chi connectivity index (χ1) is 9.10. The van der Waals surface area contributed by atoms with Crippen LogP contribution < -0.4 is 16.2 Å². The van der Waals surface area contributed by atoms with Crippen LogP contribution in [0.15, 0.2) is 6.20 Å². The van der Waals surface area contributed by atoms with Gasteiger partial charge in [-0.15, -0.1) is 0 Å². The maximum Gasteiger partial charge on any atom is 0.239 e. The van der Waals surface area contributed by atoms with Crippen molar-refractivity contribution < 1.29 is 4.39 Å². The fourth-order valence-electron chi connectivity index (χ4n) is 2.41. The van der Waals surface area contributed by atoms with E-state index in [0.717, 1.165) is 38.7 Å². The number of hydrazine groups is 1. The monoisotopic (exact) mass is 268 g/mol. The van der Waals surface area contributed by atoms with Crippen LogP contribution >= 0.6 is 0 Å². The SMILES string of the molecule is CN1CCC(CN(C)c2nc(NN)ncc2F)CC1. The van der Waals surface area contributed by atoms with Gasteiger partial charge in [-0.2, -0.15) is 4.98 Å². The van der Waals surface area contributed by atoms with E-state index in [2.05, 4.69) is 27.3 Å². The molecule has 2 heterocycles. The van der Waals surface area contributed by atoms with Gasteiger partial charge in [-0.05, 0) is 38.9 Å². The summed E-state index contributed by atoms with van der Waals surface area (Å²) in [6, 6.07) is 0. The van der Waals surface area contributed by atoms with Gasteiger partial charge in [-0.1, -0.05) is 0 Å². The van der Waals surface area contributed by atoms with E-state index in [1.54, 1.807) is 0 Å². The van der Waals surface area contributed by atoms with Crippen molar-refractivity contribution in [1.82, 2.24) is 14.9 Å². The molecule has 0 aliphatic carbocycles. The molecule has 0 unspecified atom stereocenters. The molecular formula is C12H21FN6. The molecule has 0 amide bonds. The lowest BCUT2D eigenvalue weighted by Crippen LogP contribution is -2.36. The molecule has 1 aromatic heterocycles. The number of likely N-dealkylation sites (tertiary alicyclic amines) is 1. The summed E-state index contributed by atoms with van der Waals surface area (Å²) in [5, 5.41) is 0. The zero-order valence-electron chi connectivity index (χ0n) is 11.4. The molecule has 19 heavy (non-hydrogen) atoms. The Balaban J connectivity index is 2.01. The number of halogens is 1. The summed E-state index contributed by atoms with van der Waals surface area (Å²) in [4.78, 5) is 12.0. The van der Waals surface area contributed by atoms with Crippen molar-refractivity contribution in [3.63, 3.8) is 0 Å². The molecule has 7 heteroatoms. The predicted molar refractivity (Wildman–Crippen MR) is 73.3 cm³/mol. The van der Waals surface area contributed by atoms with Gasteiger partial charge < -0.3 is 9.80 Å². The molecule has 1 aromatic rings. The van der Waals surface area contributed by atoms with Gasteiger partial charge in [-0.3, -0.25) is 5.43 Å². The van der Waals surface area contributed by atoms with E-state index in [4.69, 9.17) is 5.84 Å². The van der Waals surface area contributed by atoms with Gasteiger partial charge in [0.25, 0.3) is 0 Å². The summed E-state index contributed by atoms with van der Waals surface area (Å²) >= 11 is 0. The highest BCUT2D eigenvalue weighted by Gasteiger charge is 2.20. The van der Waals surface area contributed by atoms with Crippen molar-refractivity contribution >= 4 is 11.8 Å². The van der Waals surface area contributed by atoms with Crippen LogP contribution in [0.25, 0.3) is 0 Å². The highest BCUT2D eigenvalue weighted by molar-refractivity contribution is 5.42. The standard InChI is InChI=1S/C12H21FN6/c1-18-5-3-9(4-6-18)8-19(2)11-10(13)7-15-12(16-11)17-14/h7,9H,3-6,8,14H2,1-2H3,(H,15,16,17). The molecule has 0 atom stereocenters. The molecule has 6 nitrogen and oxygen atoms in total. The number of nitrogens with one attached hydrogen (secondary N) is 1. The van der Waals surface area contributed by atoms with Crippen molar-refractivity contribution in [1.29, 1.82) is 0 Å². The van der Waals surface area contributed by atoms with Crippen molar-refractivity contribution in [3.8, 4) is 0 Å². The topological polar surface area (TPSA) is 70.3 Å². The molecule has 0 bridgehead atoms. The largest absolute Gasteiger partial charge is 0.357 e. The molecule has 1 fully saturated rings. The average Bonchev–Trinajstić information content (AvgIpc) is 2.42. The minimum Gasteiger partial charge on any atom is -0.357 e. The maximum absolute atomic E-state index is 13.7. The van der Waals surface area contributed by atoms with Crippen LogP contribution in [0.1, 0.15) is 12.8 Å². The second kappa shape index (κ2) is 6.12. The smallest absolute Gasteiger partial charge is 0.239 e. The summed E-state index contributed by atoms with van der Waals surface area (Å²) in [5.41, 5.74) is 2.34. The average molecular weight is 268 g/mol. The highest BCUT2D eigenvalue weighted by Crippen LogP contribution is 2.21. The summed E-state index contributed by atoms with van der Waals surface area (Å²) in [6.45, 7) is 2.99. The van der Waals surface area contributed by atoms with Gasteiger partial charge in [0.1, 0.15) is 0 Å².